The molecule has 11 heteroatoms. The van der Waals surface area contributed by atoms with E-state index in [-0.39, 0.29) is 34.8 Å². The van der Waals surface area contributed by atoms with Crippen molar-refractivity contribution in [2.45, 2.75) is 6.04 Å². The van der Waals surface area contributed by atoms with Crippen LogP contribution in [-0.4, -0.2) is 20.7 Å². The van der Waals surface area contributed by atoms with Gasteiger partial charge in [0.25, 0.3) is 11.9 Å². The lowest BCUT2D eigenvalue weighted by Gasteiger charge is -2.25. The number of nitrogens with zero attached hydrogens (tertiary/aromatic N) is 3. The number of hydrogen-bond donors (Lipinski definition) is 2. The van der Waals surface area contributed by atoms with Crippen LogP contribution in [0.2, 0.25) is 10.0 Å². The molecule has 0 saturated heterocycles. The molecule has 0 saturated carbocycles. The molecule has 168 valence electrons. The van der Waals surface area contributed by atoms with Crippen molar-refractivity contribution in [3.63, 3.8) is 0 Å². The Morgan fingerprint density at radius 3 is 2.61 bits per heavy atom. The molecule has 0 fully saturated rings. The van der Waals surface area contributed by atoms with Crippen molar-refractivity contribution in [2.24, 2.45) is 0 Å². The maximum atomic E-state index is 14.8. The van der Waals surface area contributed by atoms with Gasteiger partial charge < -0.3 is 5.32 Å². The number of carbonyl (C=O) groups excluding carboxylic acids is 1. The second-order valence-electron chi connectivity index (χ2n) is 6.93. The Labute approximate surface area is 208 Å². The number of fused-ring (bicyclic) bond motifs is 1. The van der Waals surface area contributed by atoms with E-state index in [1.54, 1.807) is 47.9 Å². The number of amides is 1. The van der Waals surface area contributed by atoms with Crippen LogP contribution in [0.4, 0.5) is 16.3 Å². The van der Waals surface area contributed by atoms with Crippen LogP contribution in [0.5, 0.6) is 0 Å². The number of allylic oxidation sites excluding steroid dienone is 1. The molecule has 0 radical (unpaired) electrons. The van der Waals surface area contributed by atoms with Gasteiger partial charge >= 0.3 is 0 Å². The molecule has 4 aromatic rings. The Morgan fingerprint density at radius 2 is 1.91 bits per heavy atom. The van der Waals surface area contributed by atoms with Crippen molar-refractivity contribution in [2.75, 3.05) is 10.6 Å². The number of nitrogens with one attached hydrogen (secondary N) is 2. The van der Waals surface area contributed by atoms with Crippen LogP contribution in [0.1, 0.15) is 26.8 Å². The summed E-state index contributed by atoms with van der Waals surface area (Å²) in [7, 11) is 0. The lowest BCUT2D eigenvalue weighted by Crippen LogP contribution is -2.21. The first-order chi connectivity index (χ1) is 15.5. The van der Waals surface area contributed by atoms with Crippen molar-refractivity contribution in [3.8, 4) is 0 Å². The zero-order chi connectivity index (χ0) is 22.2. The minimum atomic E-state index is -0.689. The summed E-state index contributed by atoms with van der Waals surface area (Å²) in [5.74, 6) is -0.367. The van der Waals surface area contributed by atoms with Crippen molar-refractivity contribution in [1.82, 2.24) is 14.8 Å². The summed E-state index contributed by atoms with van der Waals surface area (Å²) in [6.45, 7) is 0. The fraction of sp³-hybridized carbons (Fsp3) is 0.0455. The molecule has 3 heterocycles. The van der Waals surface area contributed by atoms with E-state index in [9.17, 15) is 9.18 Å². The summed E-state index contributed by atoms with van der Waals surface area (Å²) < 4.78 is 16.3. The third kappa shape index (κ3) is 4.60. The van der Waals surface area contributed by atoms with E-state index in [1.165, 1.54) is 22.1 Å². The molecule has 0 aliphatic carbocycles. The van der Waals surface area contributed by atoms with Gasteiger partial charge in [-0.15, -0.1) is 28.8 Å². The van der Waals surface area contributed by atoms with Crippen LogP contribution in [-0.2, 0) is 0 Å². The van der Waals surface area contributed by atoms with E-state index in [4.69, 9.17) is 23.2 Å². The molecule has 2 aromatic heterocycles. The first kappa shape index (κ1) is 23.3. The number of carbonyl (C=O) groups is 1. The second kappa shape index (κ2) is 9.52. The van der Waals surface area contributed by atoms with E-state index < -0.39 is 11.9 Å². The molecule has 0 spiro atoms. The molecule has 1 atom stereocenters. The largest absolute Gasteiger partial charge is 0.324 e. The number of aromatic nitrogens is 3. The molecule has 2 N–H and O–H groups in total. The predicted octanol–water partition coefficient (Wildman–Crippen LogP) is 6.52. The number of thiophene rings is 1. The summed E-state index contributed by atoms with van der Waals surface area (Å²) in [4.78, 5) is 17.4. The highest BCUT2D eigenvalue weighted by molar-refractivity contribution is 7.12. The van der Waals surface area contributed by atoms with Gasteiger partial charge in [-0.05, 0) is 47.4 Å². The second-order valence-corrected chi connectivity index (χ2v) is 8.72. The molecule has 1 unspecified atom stereocenters. The average molecular weight is 523 g/mol. The topological polar surface area (TPSA) is 71.8 Å². The van der Waals surface area contributed by atoms with E-state index in [1.807, 2.05) is 12.1 Å². The Hall–Kier alpha value is -2.91. The summed E-state index contributed by atoms with van der Waals surface area (Å²) in [6, 6.07) is 14.5. The van der Waals surface area contributed by atoms with E-state index in [2.05, 4.69) is 20.7 Å². The number of halogens is 4. The standard InChI is InChI=1S/C22H14Cl2FN5OS.ClH/c23-13-8-6-12(7-9-13)16-11-17(19-14(24)3-1-4-15(19)25)30-22(26-16)28-21(29-30)27-20(31)18-5-2-10-32-18;/h1-11,17H,(H2,26,27,28,29,31);1H. The van der Waals surface area contributed by atoms with Crippen molar-refractivity contribution in [3.05, 3.63) is 97.9 Å². The van der Waals surface area contributed by atoms with Gasteiger partial charge in [-0.3, -0.25) is 10.1 Å². The Kier molecular flexibility index (Phi) is 6.71. The number of benzene rings is 2. The smallest absolute Gasteiger partial charge is 0.268 e. The van der Waals surface area contributed by atoms with Crippen LogP contribution in [0.25, 0.3) is 5.70 Å². The highest BCUT2D eigenvalue weighted by Crippen LogP contribution is 2.37. The lowest BCUT2D eigenvalue weighted by molar-refractivity contribution is 0.102. The van der Waals surface area contributed by atoms with Gasteiger partial charge in [0, 0.05) is 21.3 Å². The fourth-order valence-corrected chi connectivity index (χ4v) is 4.43. The van der Waals surface area contributed by atoms with Gasteiger partial charge in [0.15, 0.2) is 0 Å². The molecule has 0 bridgehead atoms. The van der Waals surface area contributed by atoms with Crippen LogP contribution in [0, 0.1) is 5.82 Å². The van der Waals surface area contributed by atoms with Gasteiger partial charge in [0.2, 0.25) is 5.95 Å². The van der Waals surface area contributed by atoms with Crippen molar-refractivity contribution < 1.29 is 9.18 Å². The van der Waals surface area contributed by atoms with Gasteiger partial charge in [-0.1, -0.05) is 47.5 Å². The minimum absolute atomic E-state index is 0. The van der Waals surface area contributed by atoms with Crippen LogP contribution >= 0.6 is 46.9 Å². The first-order valence-corrected chi connectivity index (χ1v) is 11.1. The Bertz CT molecular complexity index is 1320. The minimum Gasteiger partial charge on any atom is -0.324 e. The maximum absolute atomic E-state index is 14.8. The Morgan fingerprint density at radius 1 is 1.12 bits per heavy atom. The molecular weight excluding hydrogens is 508 g/mol. The average Bonchev–Trinajstić information content (AvgIpc) is 3.44. The number of rotatable bonds is 4. The van der Waals surface area contributed by atoms with Gasteiger partial charge in [-0.2, -0.15) is 4.98 Å². The summed E-state index contributed by atoms with van der Waals surface area (Å²) in [5.41, 5.74) is 1.76. The van der Waals surface area contributed by atoms with Gasteiger partial charge in [0.05, 0.1) is 4.88 Å². The lowest BCUT2D eigenvalue weighted by atomic mass is 10.0. The quantitative estimate of drug-likeness (QED) is 0.320. The predicted molar refractivity (Wildman–Crippen MR) is 132 cm³/mol. The molecule has 1 amide bonds. The van der Waals surface area contributed by atoms with E-state index >= 15 is 0 Å². The number of anilines is 2. The number of hydrogen-bond acceptors (Lipinski definition) is 5. The van der Waals surface area contributed by atoms with Crippen molar-refractivity contribution in [1.29, 1.82) is 0 Å². The zero-order valence-electron chi connectivity index (χ0n) is 16.6. The summed E-state index contributed by atoms with van der Waals surface area (Å²) >= 11 is 13.7. The molecule has 2 aromatic carbocycles. The van der Waals surface area contributed by atoms with E-state index in [0.29, 0.717) is 21.5 Å². The molecule has 1 aliphatic heterocycles. The third-order valence-electron chi connectivity index (χ3n) is 4.89. The van der Waals surface area contributed by atoms with Crippen LogP contribution in [0.3, 0.4) is 0 Å². The fourth-order valence-electron chi connectivity index (χ4n) is 3.41. The monoisotopic (exact) mass is 521 g/mol. The first-order valence-electron chi connectivity index (χ1n) is 9.49. The molecule has 6 nitrogen and oxygen atoms in total. The van der Waals surface area contributed by atoms with Crippen LogP contribution in [0.15, 0.2) is 66.1 Å². The van der Waals surface area contributed by atoms with E-state index in [0.717, 1.165) is 5.56 Å². The van der Waals surface area contributed by atoms with Gasteiger partial charge in [-0.25, -0.2) is 9.07 Å². The molecule has 33 heavy (non-hydrogen) atoms. The third-order valence-corrected chi connectivity index (χ3v) is 6.34. The highest BCUT2D eigenvalue weighted by atomic mass is 35.5. The summed E-state index contributed by atoms with van der Waals surface area (Å²) in [5, 5.41) is 12.9. The molecule has 1 aliphatic rings. The van der Waals surface area contributed by atoms with Crippen molar-refractivity contribution >= 4 is 70.4 Å². The maximum Gasteiger partial charge on any atom is 0.268 e. The van der Waals surface area contributed by atoms with Crippen LogP contribution < -0.4 is 10.6 Å². The highest BCUT2D eigenvalue weighted by Gasteiger charge is 2.29. The zero-order valence-corrected chi connectivity index (χ0v) is 19.8. The normalized spacial score (nSPS) is 14.5. The van der Waals surface area contributed by atoms with Gasteiger partial charge in [0.1, 0.15) is 11.9 Å². The molecule has 5 rings (SSSR count). The SMILES string of the molecule is Cl.O=C(Nc1nc2n(n1)C(c1c(F)cccc1Cl)C=C(c1ccc(Cl)cc1)N2)c1cccs1. The molecular formula is C22H15Cl3FN5OS. The summed E-state index contributed by atoms with van der Waals surface area (Å²) in [6.07, 6.45) is 1.81. The Balaban J connectivity index is 0.00000259.